The summed E-state index contributed by atoms with van der Waals surface area (Å²) in [6.07, 6.45) is 10.3. The van der Waals surface area contributed by atoms with E-state index in [2.05, 4.69) is 42.5 Å². The molecule has 1 fully saturated rings. The minimum Gasteiger partial charge on any atom is -0.198 e. The van der Waals surface area contributed by atoms with Gasteiger partial charge in [-0.25, -0.2) is 0 Å². The van der Waals surface area contributed by atoms with E-state index < -0.39 is 0 Å². The van der Waals surface area contributed by atoms with E-state index in [1.54, 1.807) is 0 Å². The van der Waals surface area contributed by atoms with Gasteiger partial charge in [-0.05, 0) is 30.7 Å². The van der Waals surface area contributed by atoms with Crippen molar-refractivity contribution < 1.29 is 0 Å². The van der Waals surface area contributed by atoms with Gasteiger partial charge in [0.25, 0.3) is 0 Å². The van der Waals surface area contributed by atoms with Crippen LogP contribution in [0.15, 0.2) is 36.4 Å². The second kappa shape index (κ2) is 6.25. The summed E-state index contributed by atoms with van der Waals surface area (Å²) in [4.78, 5) is 0. The van der Waals surface area contributed by atoms with Gasteiger partial charge in [0.05, 0.1) is 6.07 Å². The fraction of sp³-hybridized carbons (Fsp3) is 0.438. The number of rotatable bonds is 3. The SMILES string of the molecule is N#CC1CCCCC1C/C=C/c1ccccc1. The van der Waals surface area contributed by atoms with Crippen molar-refractivity contribution >= 4 is 6.08 Å². The van der Waals surface area contributed by atoms with Crippen LogP contribution < -0.4 is 0 Å². The molecule has 1 saturated carbocycles. The fourth-order valence-electron chi connectivity index (χ4n) is 2.60. The molecule has 1 aromatic carbocycles. The Bertz CT molecular complexity index is 399. The maximum Gasteiger partial charge on any atom is 0.0658 e. The second-order valence-electron chi connectivity index (χ2n) is 4.83. The van der Waals surface area contributed by atoms with Crippen molar-refractivity contribution in [1.82, 2.24) is 0 Å². The third kappa shape index (κ3) is 3.46. The third-order valence-electron chi connectivity index (χ3n) is 3.62. The summed E-state index contributed by atoms with van der Waals surface area (Å²) < 4.78 is 0. The van der Waals surface area contributed by atoms with Crippen LogP contribution in [0.25, 0.3) is 6.08 Å². The van der Waals surface area contributed by atoms with E-state index in [9.17, 15) is 0 Å². The highest BCUT2D eigenvalue weighted by atomic mass is 14.3. The monoisotopic (exact) mass is 225 g/mol. The van der Waals surface area contributed by atoms with Crippen molar-refractivity contribution in [3.05, 3.63) is 42.0 Å². The van der Waals surface area contributed by atoms with Gasteiger partial charge < -0.3 is 0 Å². The average molecular weight is 225 g/mol. The number of hydrogen-bond donors (Lipinski definition) is 0. The highest BCUT2D eigenvalue weighted by Gasteiger charge is 2.23. The van der Waals surface area contributed by atoms with Gasteiger partial charge in [-0.1, -0.05) is 55.3 Å². The lowest BCUT2D eigenvalue weighted by molar-refractivity contribution is 0.293. The molecule has 0 spiro atoms. The number of benzene rings is 1. The summed E-state index contributed by atoms with van der Waals surface area (Å²) >= 11 is 0. The van der Waals surface area contributed by atoms with Crippen molar-refractivity contribution in [2.24, 2.45) is 11.8 Å². The molecule has 1 heteroatoms. The molecule has 0 amide bonds. The minimum absolute atomic E-state index is 0.282. The van der Waals surface area contributed by atoms with Crippen LogP contribution in [0.3, 0.4) is 0 Å². The van der Waals surface area contributed by atoms with Gasteiger partial charge >= 0.3 is 0 Å². The Hall–Kier alpha value is -1.55. The van der Waals surface area contributed by atoms with Crippen molar-refractivity contribution in [2.75, 3.05) is 0 Å². The molecule has 0 radical (unpaired) electrons. The molecule has 0 N–H and O–H groups in total. The maximum absolute atomic E-state index is 9.10. The first-order valence-corrected chi connectivity index (χ1v) is 6.51. The first-order chi connectivity index (χ1) is 8.40. The first kappa shape index (κ1) is 11.9. The van der Waals surface area contributed by atoms with Crippen LogP contribution in [0.1, 0.15) is 37.7 Å². The van der Waals surface area contributed by atoms with Gasteiger partial charge in [0, 0.05) is 5.92 Å². The summed E-state index contributed by atoms with van der Waals surface area (Å²) in [5.74, 6) is 0.859. The molecule has 0 aliphatic heterocycles. The molecule has 0 aromatic heterocycles. The Balaban J connectivity index is 1.89. The highest BCUT2D eigenvalue weighted by molar-refractivity contribution is 5.48. The molecule has 17 heavy (non-hydrogen) atoms. The van der Waals surface area contributed by atoms with Gasteiger partial charge in [-0.15, -0.1) is 0 Å². The molecule has 0 saturated heterocycles. The molecule has 1 aliphatic carbocycles. The van der Waals surface area contributed by atoms with E-state index in [0.29, 0.717) is 5.92 Å². The number of nitrogens with zero attached hydrogens (tertiary/aromatic N) is 1. The van der Waals surface area contributed by atoms with Crippen LogP contribution in [-0.4, -0.2) is 0 Å². The number of nitriles is 1. The van der Waals surface area contributed by atoms with E-state index in [1.807, 2.05) is 6.07 Å². The third-order valence-corrected chi connectivity index (χ3v) is 3.62. The molecule has 2 atom stereocenters. The van der Waals surface area contributed by atoms with Crippen LogP contribution in [0.4, 0.5) is 0 Å². The van der Waals surface area contributed by atoms with Gasteiger partial charge in [0.1, 0.15) is 0 Å². The van der Waals surface area contributed by atoms with Crippen LogP contribution in [0, 0.1) is 23.2 Å². The predicted octanol–water partition coefficient (Wildman–Crippen LogP) is 4.42. The van der Waals surface area contributed by atoms with Gasteiger partial charge in [-0.3, -0.25) is 0 Å². The fourth-order valence-corrected chi connectivity index (χ4v) is 2.60. The summed E-state index contributed by atoms with van der Waals surface area (Å²) in [5, 5.41) is 9.10. The molecular formula is C16H19N. The van der Waals surface area contributed by atoms with E-state index in [-0.39, 0.29) is 5.92 Å². The Labute approximate surface area is 104 Å². The molecular weight excluding hydrogens is 206 g/mol. The zero-order chi connectivity index (χ0) is 11.9. The normalized spacial score (nSPS) is 24.6. The van der Waals surface area contributed by atoms with Crippen molar-refractivity contribution in [3.8, 4) is 6.07 Å². The summed E-state index contributed by atoms with van der Waals surface area (Å²) in [7, 11) is 0. The maximum atomic E-state index is 9.10. The predicted molar refractivity (Wildman–Crippen MR) is 71.2 cm³/mol. The average Bonchev–Trinajstić information content (AvgIpc) is 2.40. The molecule has 88 valence electrons. The standard InChI is InChI=1S/C16H19N/c17-13-16-11-5-4-10-15(16)12-6-9-14-7-2-1-3-8-14/h1-3,6-9,15-16H,4-5,10-12H2/b9-6+. The van der Waals surface area contributed by atoms with Crippen molar-refractivity contribution in [3.63, 3.8) is 0 Å². The quantitative estimate of drug-likeness (QED) is 0.747. The minimum atomic E-state index is 0.282. The number of allylic oxidation sites excluding steroid dienone is 1. The Morgan fingerprint density at radius 1 is 1.18 bits per heavy atom. The lowest BCUT2D eigenvalue weighted by atomic mass is 9.78. The van der Waals surface area contributed by atoms with Crippen molar-refractivity contribution in [2.45, 2.75) is 32.1 Å². The number of hydrogen-bond acceptors (Lipinski definition) is 1. The molecule has 1 nitrogen and oxygen atoms in total. The first-order valence-electron chi connectivity index (χ1n) is 6.51. The van der Waals surface area contributed by atoms with Crippen molar-refractivity contribution in [1.29, 1.82) is 5.26 Å². The summed E-state index contributed by atoms with van der Waals surface area (Å²) in [6, 6.07) is 12.8. The lowest BCUT2D eigenvalue weighted by Crippen LogP contribution is -2.17. The van der Waals surface area contributed by atoms with E-state index >= 15 is 0 Å². The Morgan fingerprint density at radius 2 is 1.94 bits per heavy atom. The largest absolute Gasteiger partial charge is 0.198 e. The molecule has 1 aliphatic rings. The van der Waals surface area contributed by atoms with Gasteiger partial charge in [-0.2, -0.15) is 5.26 Å². The van der Waals surface area contributed by atoms with Crippen LogP contribution >= 0.6 is 0 Å². The molecule has 0 heterocycles. The van der Waals surface area contributed by atoms with Crippen LogP contribution in [0.2, 0.25) is 0 Å². The molecule has 1 aromatic rings. The highest BCUT2D eigenvalue weighted by Crippen LogP contribution is 2.32. The smallest absolute Gasteiger partial charge is 0.0658 e. The van der Waals surface area contributed by atoms with E-state index in [0.717, 1.165) is 12.8 Å². The second-order valence-corrected chi connectivity index (χ2v) is 4.83. The topological polar surface area (TPSA) is 23.8 Å². The van der Waals surface area contributed by atoms with Crippen LogP contribution in [-0.2, 0) is 0 Å². The zero-order valence-corrected chi connectivity index (χ0v) is 10.2. The lowest BCUT2D eigenvalue weighted by Gasteiger charge is -2.25. The van der Waals surface area contributed by atoms with Gasteiger partial charge in [0.2, 0.25) is 0 Å². The molecule has 0 bridgehead atoms. The van der Waals surface area contributed by atoms with E-state index in [4.69, 9.17) is 5.26 Å². The van der Waals surface area contributed by atoms with Gasteiger partial charge in [0.15, 0.2) is 0 Å². The zero-order valence-electron chi connectivity index (χ0n) is 10.2. The molecule has 2 unspecified atom stereocenters. The summed E-state index contributed by atoms with van der Waals surface area (Å²) in [6.45, 7) is 0. The Morgan fingerprint density at radius 3 is 2.71 bits per heavy atom. The molecule has 2 rings (SSSR count). The van der Waals surface area contributed by atoms with E-state index in [1.165, 1.54) is 24.8 Å². The Kier molecular flexibility index (Phi) is 4.38. The van der Waals surface area contributed by atoms with Crippen LogP contribution in [0.5, 0.6) is 0 Å². The summed E-state index contributed by atoms with van der Waals surface area (Å²) in [5.41, 5.74) is 1.25.